The quantitative estimate of drug-likeness (QED) is 0.319. The Labute approximate surface area is 147 Å². The molecule has 0 bridgehead atoms. The number of carbonyl (C=O) groups excluding carboxylic acids is 1. The summed E-state index contributed by atoms with van der Waals surface area (Å²) in [6, 6.07) is 18.6. The maximum absolute atomic E-state index is 12.0. The van der Waals surface area contributed by atoms with Crippen molar-refractivity contribution in [2.24, 2.45) is 0 Å². The average molecular weight is 388 g/mol. The minimum Gasteiger partial charge on any atom is -0.423 e. The van der Waals surface area contributed by atoms with Crippen LogP contribution >= 0.6 is 27.5 Å². The number of carbonyl (C=O) groups is 1. The molecule has 0 atom stereocenters. The maximum Gasteiger partial charge on any atom is 0.336 e. The van der Waals surface area contributed by atoms with E-state index in [1.54, 1.807) is 18.2 Å². The van der Waals surface area contributed by atoms with Crippen LogP contribution < -0.4 is 4.74 Å². The van der Waals surface area contributed by atoms with E-state index in [4.69, 9.17) is 16.3 Å². The van der Waals surface area contributed by atoms with Crippen LogP contribution in [0.2, 0.25) is 5.02 Å². The first kappa shape index (κ1) is 15.8. The minimum atomic E-state index is -0.433. The Morgan fingerprint density at radius 3 is 2.57 bits per heavy atom. The first-order valence-corrected chi connectivity index (χ1v) is 8.13. The Morgan fingerprint density at radius 1 is 1.00 bits per heavy atom. The molecule has 0 spiro atoms. The van der Waals surface area contributed by atoms with Gasteiger partial charge >= 0.3 is 5.97 Å². The average Bonchev–Trinajstić information content (AvgIpc) is 2.56. The normalized spacial score (nSPS) is 11.0. The van der Waals surface area contributed by atoms with Gasteiger partial charge in [0.15, 0.2) is 0 Å². The highest BCUT2D eigenvalue weighted by atomic mass is 79.9. The molecule has 0 aliphatic rings. The van der Waals surface area contributed by atoms with Crippen molar-refractivity contribution in [1.29, 1.82) is 0 Å². The zero-order valence-corrected chi connectivity index (χ0v) is 14.3. The van der Waals surface area contributed by atoms with Gasteiger partial charge < -0.3 is 4.74 Å². The van der Waals surface area contributed by atoms with Gasteiger partial charge in [-0.05, 0) is 35.9 Å². The zero-order valence-electron chi connectivity index (χ0n) is 12.0. The Bertz CT molecular complexity index is 903. The lowest BCUT2D eigenvalue weighted by Crippen LogP contribution is -2.04. The van der Waals surface area contributed by atoms with Gasteiger partial charge in [0.05, 0.1) is 0 Å². The largest absolute Gasteiger partial charge is 0.423 e. The van der Waals surface area contributed by atoms with E-state index in [-0.39, 0.29) is 0 Å². The molecule has 114 valence electrons. The van der Waals surface area contributed by atoms with Gasteiger partial charge in [0.25, 0.3) is 0 Å². The van der Waals surface area contributed by atoms with Crippen molar-refractivity contribution in [2.45, 2.75) is 0 Å². The molecule has 0 fully saturated rings. The van der Waals surface area contributed by atoms with Crippen LogP contribution in [0, 0.1) is 0 Å². The van der Waals surface area contributed by atoms with Crippen molar-refractivity contribution in [3.05, 3.63) is 81.8 Å². The number of rotatable bonds is 3. The van der Waals surface area contributed by atoms with E-state index in [9.17, 15) is 4.79 Å². The van der Waals surface area contributed by atoms with Gasteiger partial charge in [-0.3, -0.25) is 0 Å². The van der Waals surface area contributed by atoms with Crippen LogP contribution in [0.25, 0.3) is 16.8 Å². The topological polar surface area (TPSA) is 26.3 Å². The van der Waals surface area contributed by atoms with E-state index in [1.807, 2.05) is 48.5 Å². The summed E-state index contributed by atoms with van der Waals surface area (Å²) >= 11 is 9.56. The Morgan fingerprint density at radius 2 is 1.78 bits per heavy atom. The van der Waals surface area contributed by atoms with Crippen molar-refractivity contribution in [3.63, 3.8) is 0 Å². The second-order valence-electron chi connectivity index (χ2n) is 4.90. The highest BCUT2D eigenvalue weighted by Gasteiger charge is 2.08. The van der Waals surface area contributed by atoms with Crippen LogP contribution in [0.1, 0.15) is 5.56 Å². The molecule has 0 N–H and O–H groups in total. The molecule has 0 aliphatic carbocycles. The number of fused-ring (bicyclic) bond motifs is 1. The molecular formula is C19H12BrClO2. The molecule has 3 aromatic rings. The molecule has 0 amide bonds. The molecule has 2 nitrogen and oxygen atoms in total. The van der Waals surface area contributed by atoms with E-state index >= 15 is 0 Å². The summed E-state index contributed by atoms with van der Waals surface area (Å²) in [6.45, 7) is 0. The summed E-state index contributed by atoms with van der Waals surface area (Å²) < 4.78 is 6.39. The third-order valence-electron chi connectivity index (χ3n) is 3.30. The van der Waals surface area contributed by atoms with Gasteiger partial charge in [-0.25, -0.2) is 4.79 Å². The molecule has 4 heteroatoms. The van der Waals surface area contributed by atoms with Crippen molar-refractivity contribution in [3.8, 4) is 5.75 Å². The smallest absolute Gasteiger partial charge is 0.336 e. The molecule has 3 aromatic carbocycles. The lowest BCUT2D eigenvalue weighted by molar-refractivity contribution is -0.128. The van der Waals surface area contributed by atoms with Crippen molar-refractivity contribution in [1.82, 2.24) is 0 Å². The number of hydrogen-bond acceptors (Lipinski definition) is 2. The second kappa shape index (κ2) is 6.99. The first-order valence-electron chi connectivity index (χ1n) is 6.96. The van der Waals surface area contributed by atoms with Crippen LogP contribution in [0.15, 0.2) is 71.2 Å². The molecule has 3 rings (SSSR count). The first-order chi connectivity index (χ1) is 11.1. The van der Waals surface area contributed by atoms with Crippen LogP contribution in [0.3, 0.4) is 0 Å². The van der Waals surface area contributed by atoms with Gasteiger partial charge in [-0.1, -0.05) is 63.9 Å². The van der Waals surface area contributed by atoms with E-state index < -0.39 is 5.97 Å². The van der Waals surface area contributed by atoms with Crippen molar-refractivity contribution < 1.29 is 9.53 Å². The number of esters is 1. The fourth-order valence-electron chi connectivity index (χ4n) is 2.24. The summed E-state index contributed by atoms with van der Waals surface area (Å²) in [7, 11) is 0. The van der Waals surface area contributed by atoms with Crippen LogP contribution in [-0.4, -0.2) is 5.97 Å². The Balaban J connectivity index is 1.82. The minimum absolute atomic E-state index is 0.433. The number of benzene rings is 3. The van der Waals surface area contributed by atoms with Crippen LogP contribution in [0.4, 0.5) is 0 Å². The van der Waals surface area contributed by atoms with E-state index in [1.165, 1.54) is 6.08 Å². The van der Waals surface area contributed by atoms with E-state index in [0.29, 0.717) is 10.8 Å². The summed E-state index contributed by atoms with van der Waals surface area (Å²) in [5, 5.41) is 2.30. The highest BCUT2D eigenvalue weighted by molar-refractivity contribution is 9.10. The third-order valence-corrected chi connectivity index (χ3v) is 4.12. The Kier molecular flexibility index (Phi) is 4.79. The van der Waals surface area contributed by atoms with Gasteiger partial charge in [0.2, 0.25) is 0 Å². The second-order valence-corrected chi connectivity index (χ2v) is 6.22. The van der Waals surface area contributed by atoms with Gasteiger partial charge in [-0.2, -0.15) is 0 Å². The summed E-state index contributed by atoms with van der Waals surface area (Å²) in [6.07, 6.45) is 3.12. The van der Waals surface area contributed by atoms with Crippen molar-refractivity contribution >= 4 is 50.3 Å². The number of halogens is 2. The molecule has 0 aliphatic heterocycles. The van der Waals surface area contributed by atoms with E-state index in [2.05, 4.69) is 15.9 Å². The standard InChI is InChI=1S/C19H12BrClO2/c20-14-5-3-4-13(12-14)8-11-19(22)23-18-10-9-17(21)15-6-1-2-7-16(15)18/h1-12H/b11-8+. The fourth-order valence-corrected chi connectivity index (χ4v) is 2.89. The van der Waals surface area contributed by atoms with Crippen molar-refractivity contribution in [2.75, 3.05) is 0 Å². The van der Waals surface area contributed by atoms with E-state index in [0.717, 1.165) is 20.8 Å². The molecule has 0 aromatic heterocycles. The van der Waals surface area contributed by atoms with Gasteiger partial charge in [0.1, 0.15) is 5.75 Å². The number of ether oxygens (including phenoxy) is 1. The van der Waals surface area contributed by atoms with Crippen LogP contribution in [0.5, 0.6) is 5.75 Å². The highest BCUT2D eigenvalue weighted by Crippen LogP contribution is 2.31. The van der Waals surface area contributed by atoms with Gasteiger partial charge in [0, 0.05) is 26.3 Å². The molecule has 0 unspecified atom stereocenters. The lowest BCUT2D eigenvalue weighted by atomic mass is 10.1. The summed E-state index contributed by atoms with van der Waals surface area (Å²) in [5.74, 6) is 0.0614. The predicted octanol–water partition coefficient (Wildman–Crippen LogP) is 5.87. The third kappa shape index (κ3) is 3.81. The van der Waals surface area contributed by atoms with Crippen LogP contribution in [-0.2, 0) is 4.79 Å². The summed E-state index contributed by atoms with van der Waals surface area (Å²) in [4.78, 5) is 12.0. The SMILES string of the molecule is O=C(/C=C/c1cccc(Br)c1)Oc1ccc(Cl)c2ccccc12. The monoisotopic (exact) mass is 386 g/mol. The molecule has 0 saturated carbocycles. The number of hydrogen-bond donors (Lipinski definition) is 0. The van der Waals surface area contributed by atoms with Gasteiger partial charge in [-0.15, -0.1) is 0 Å². The Hall–Kier alpha value is -2.10. The zero-order chi connectivity index (χ0) is 16.2. The lowest BCUT2D eigenvalue weighted by Gasteiger charge is -2.07. The maximum atomic E-state index is 12.0. The summed E-state index contributed by atoms with van der Waals surface area (Å²) in [5.41, 5.74) is 0.914. The molecule has 0 heterocycles. The molecule has 0 saturated heterocycles. The molecular weight excluding hydrogens is 376 g/mol. The predicted molar refractivity (Wildman–Crippen MR) is 97.8 cm³/mol. The fraction of sp³-hybridized carbons (Fsp3) is 0. The molecule has 23 heavy (non-hydrogen) atoms. The molecule has 0 radical (unpaired) electrons.